The van der Waals surface area contributed by atoms with Crippen molar-refractivity contribution in [3.05, 3.63) is 33.4 Å². The van der Waals surface area contributed by atoms with Crippen molar-refractivity contribution >= 4 is 34.5 Å². The first-order chi connectivity index (χ1) is 7.49. The van der Waals surface area contributed by atoms with Crippen LogP contribution in [0.3, 0.4) is 0 Å². The number of hydrogen-bond acceptors (Lipinski definition) is 2. The predicted molar refractivity (Wildman–Crippen MR) is 68.3 cm³/mol. The average Bonchev–Trinajstić information content (AvgIpc) is 2.16. The molecular weight excluding hydrogens is 321 g/mol. The van der Waals surface area contributed by atoms with Crippen LogP contribution in [-0.2, 0) is 4.79 Å². The van der Waals surface area contributed by atoms with E-state index in [1.807, 2.05) is 6.07 Å². The van der Waals surface area contributed by atoms with Crippen LogP contribution in [0.5, 0.6) is 0 Å². The zero-order valence-corrected chi connectivity index (χ0v) is 10.9. The normalized spacial score (nSPS) is 11.9. The van der Waals surface area contributed by atoms with Crippen LogP contribution >= 0.6 is 22.6 Å². The van der Waals surface area contributed by atoms with E-state index in [-0.39, 0.29) is 18.4 Å². The Morgan fingerprint density at radius 3 is 2.75 bits per heavy atom. The third-order valence-corrected chi connectivity index (χ3v) is 2.62. The van der Waals surface area contributed by atoms with E-state index in [1.165, 1.54) is 0 Å². The first kappa shape index (κ1) is 13.0. The molecule has 1 atom stereocenters. The fraction of sp³-hybridized carbons (Fsp3) is 0.273. The standard InChI is InChI=1S/C11H12INO3/c1-7(5-10(14)15)13-11(16)8-3-2-4-9(12)6-8/h2-4,6-7H,5H2,1H3,(H,13,16)(H,14,15). The van der Waals surface area contributed by atoms with Crippen molar-refractivity contribution in [2.45, 2.75) is 19.4 Å². The highest BCUT2D eigenvalue weighted by molar-refractivity contribution is 14.1. The number of hydrogen-bond donors (Lipinski definition) is 2. The molecule has 0 bridgehead atoms. The van der Waals surface area contributed by atoms with Crippen LogP contribution in [0.15, 0.2) is 24.3 Å². The topological polar surface area (TPSA) is 66.4 Å². The lowest BCUT2D eigenvalue weighted by atomic mass is 10.2. The molecule has 0 saturated heterocycles. The summed E-state index contributed by atoms with van der Waals surface area (Å²) in [4.78, 5) is 22.1. The van der Waals surface area contributed by atoms with Crippen LogP contribution in [0.2, 0.25) is 0 Å². The Kier molecular flexibility index (Phi) is 4.72. The van der Waals surface area contributed by atoms with Crippen molar-refractivity contribution in [3.63, 3.8) is 0 Å². The Hall–Kier alpha value is -1.11. The number of halogens is 1. The zero-order valence-electron chi connectivity index (χ0n) is 8.74. The van der Waals surface area contributed by atoms with Crippen LogP contribution < -0.4 is 5.32 Å². The summed E-state index contributed by atoms with van der Waals surface area (Å²) in [7, 11) is 0. The number of aliphatic carboxylic acids is 1. The van der Waals surface area contributed by atoms with Gasteiger partial charge in [0.15, 0.2) is 0 Å². The van der Waals surface area contributed by atoms with E-state index in [1.54, 1.807) is 25.1 Å². The van der Waals surface area contributed by atoms with Gasteiger partial charge in [-0.3, -0.25) is 9.59 Å². The summed E-state index contributed by atoms with van der Waals surface area (Å²) in [5, 5.41) is 11.2. The first-order valence-electron chi connectivity index (χ1n) is 4.77. The summed E-state index contributed by atoms with van der Waals surface area (Å²) in [6.07, 6.45) is -0.0737. The molecule has 0 spiro atoms. The highest BCUT2D eigenvalue weighted by atomic mass is 127. The number of carboxylic acids is 1. The van der Waals surface area contributed by atoms with Gasteiger partial charge in [0, 0.05) is 15.2 Å². The summed E-state index contributed by atoms with van der Waals surface area (Å²) < 4.78 is 0.969. The minimum Gasteiger partial charge on any atom is -0.481 e. The number of carbonyl (C=O) groups excluding carboxylic acids is 1. The quantitative estimate of drug-likeness (QED) is 0.827. The molecule has 16 heavy (non-hydrogen) atoms. The second kappa shape index (κ2) is 5.83. The molecule has 0 aromatic heterocycles. The van der Waals surface area contributed by atoms with Gasteiger partial charge in [-0.1, -0.05) is 6.07 Å². The molecule has 1 aromatic rings. The van der Waals surface area contributed by atoms with Gasteiger partial charge in [0.2, 0.25) is 0 Å². The minimum absolute atomic E-state index is 0.0737. The Morgan fingerprint density at radius 1 is 1.50 bits per heavy atom. The Bertz CT molecular complexity index is 406. The fourth-order valence-corrected chi connectivity index (χ4v) is 1.79. The van der Waals surface area contributed by atoms with Gasteiger partial charge in [-0.25, -0.2) is 0 Å². The number of nitrogens with one attached hydrogen (secondary N) is 1. The highest BCUT2D eigenvalue weighted by Gasteiger charge is 2.12. The fourth-order valence-electron chi connectivity index (χ4n) is 1.25. The van der Waals surface area contributed by atoms with E-state index in [0.29, 0.717) is 5.56 Å². The molecule has 0 heterocycles. The lowest BCUT2D eigenvalue weighted by Gasteiger charge is -2.11. The molecule has 1 aromatic carbocycles. The smallest absolute Gasteiger partial charge is 0.305 e. The molecule has 86 valence electrons. The maximum absolute atomic E-state index is 11.7. The summed E-state index contributed by atoms with van der Waals surface area (Å²) in [6, 6.07) is 6.76. The third-order valence-electron chi connectivity index (χ3n) is 1.95. The molecule has 1 rings (SSSR count). The molecule has 4 nitrogen and oxygen atoms in total. The van der Waals surface area contributed by atoms with Crippen molar-refractivity contribution in [1.29, 1.82) is 0 Å². The number of carboxylic acid groups (broad SMARTS) is 1. The summed E-state index contributed by atoms with van der Waals surface area (Å²) in [5.74, 6) is -1.16. The SMILES string of the molecule is CC(CC(=O)O)NC(=O)c1cccc(I)c1. The van der Waals surface area contributed by atoms with Crippen molar-refractivity contribution in [2.75, 3.05) is 0 Å². The van der Waals surface area contributed by atoms with Crippen LogP contribution in [0.25, 0.3) is 0 Å². The average molecular weight is 333 g/mol. The molecule has 0 aliphatic heterocycles. The molecular formula is C11H12INO3. The monoisotopic (exact) mass is 333 g/mol. The van der Waals surface area contributed by atoms with Crippen molar-refractivity contribution in [3.8, 4) is 0 Å². The summed E-state index contributed by atoms with van der Waals surface area (Å²) in [5.41, 5.74) is 0.545. The van der Waals surface area contributed by atoms with Gasteiger partial charge in [-0.2, -0.15) is 0 Å². The van der Waals surface area contributed by atoms with E-state index in [2.05, 4.69) is 27.9 Å². The third kappa shape index (κ3) is 4.18. The second-order valence-electron chi connectivity index (χ2n) is 3.48. The summed E-state index contributed by atoms with van der Waals surface area (Å²) >= 11 is 2.12. The minimum atomic E-state index is -0.921. The lowest BCUT2D eigenvalue weighted by molar-refractivity contribution is -0.137. The van der Waals surface area contributed by atoms with Crippen molar-refractivity contribution in [2.24, 2.45) is 0 Å². The van der Waals surface area contributed by atoms with Crippen LogP contribution in [-0.4, -0.2) is 23.0 Å². The Morgan fingerprint density at radius 2 is 2.19 bits per heavy atom. The van der Waals surface area contributed by atoms with Gasteiger partial charge in [-0.15, -0.1) is 0 Å². The van der Waals surface area contributed by atoms with E-state index in [4.69, 9.17) is 5.11 Å². The van der Waals surface area contributed by atoms with Gasteiger partial charge in [0.1, 0.15) is 0 Å². The second-order valence-corrected chi connectivity index (χ2v) is 4.73. The van der Waals surface area contributed by atoms with Gasteiger partial charge in [-0.05, 0) is 47.7 Å². The number of benzene rings is 1. The van der Waals surface area contributed by atoms with E-state index in [9.17, 15) is 9.59 Å². The van der Waals surface area contributed by atoms with Crippen LogP contribution in [0.4, 0.5) is 0 Å². The van der Waals surface area contributed by atoms with Crippen molar-refractivity contribution < 1.29 is 14.7 Å². The highest BCUT2D eigenvalue weighted by Crippen LogP contribution is 2.08. The molecule has 0 fully saturated rings. The molecule has 5 heteroatoms. The molecule has 0 aliphatic rings. The number of carbonyl (C=O) groups is 2. The molecule has 1 unspecified atom stereocenters. The van der Waals surface area contributed by atoms with Gasteiger partial charge < -0.3 is 10.4 Å². The Balaban J connectivity index is 2.62. The molecule has 1 amide bonds. The van der Waals surface area contributed by atoms with Crippen LogP contribution in [0.1, 0.15) is 23.7 Å². The lowest BCUT2D eigenvalue weighted by Crippen LogP contribution is -2.34. The van der Waals surface area contributed by atoms with Crippen LogP contribution in [0, 0.1) is 3.57 Å². The maximum atomic E-state index is 11.7. The zero-order chi connectivity index (χ0) is 12.1. The van der Waals surface area contributed by atoms with E-state index >= 15 is 0 Å². The van der Waals surface area contributed by atoms with Gasteiger partial charge in [0.05, 0.1) is 6.42 Å². The van der Waals surface area contributed by atoms with E-state index < -0.39 is 5.97 Å². The summed E-state index contributed by atoms with van der Waals surface area (Å²) in [6.45, 7) is 1.67. The maximum Gasteiger partial charge on any atom is 0.305 e. The molecule has 0 aliphatic carbocycles. The largest absolute Gasteiger partial charge is 0.481 e. The number of amides is 1. The predicted octanol–water partition coefficient (Wildman–Crippen LogP) is 1.88. The van der Waals surface area contributed by atoms with E-state index in [0.717, 1.165) is 3.57 Å². The molecule has 0 radical (unpaired) electrons. The number of rotatable bonds is 4. The Labute approximate surface area is 107 Å². The first-order valence-corrected chi connectivity index (χ1v) is 5.85. The molecule has 2 N–H and O–H groups in total. The van der Waals surface area contributed by atoms with Gasteiger partial charge in [0.25, 0.3) is 5.91 Å². The molecule has 0 saturated carbocycles. The van der Waals surface area contributed by atoms with Gasteiger partial charge >= 0.3 is 5.97 Å². The van der Waals surface area contributed by atoms with Crippen molar-refractivity contribution in [1.82, 2.24) is 5.32 Å².